The maximum Gasteiger partial charge on any atom is 0.268 e. The number of benzene rings is 1. The van der Waals surface area contributed by atoms with Crippen LogP contribution in [0.3, 0.4) is 0 Å². The summed E-state index contributed by atoms with van der Waals surface area (Å²) in [6.07, 6.45) is 5.40. The van der Waals surface area contributed by atoms with E-state index < -0.39 is 0 Å². The molecule has 3 aromatic rings. The number of rotatable bonds is 4. The predicted octanol–water partition coefficient (Wildman–Crippen LogP) is 4.20. The summed E-state index contributed by atoms with van der Waals surface area (Å²) in [7, 11) is 0. The van der Waals surface area contributed by atoms with Gasteiger partial charge in [-0.05, 0) is 53.8 Å². The van der Waals surface area contributed by atoms with Gasteiger partial charge in [-0.3, -0.25) is 9.59 Å². The molecule has 6 heteroatoms. The van der Waals surface area contributed by atoms with E-state index in [2.05, 4.69) is 5.32 Å². The standard InChI is InChI=1S/C20H16N2O3S/c23-19(8-7-16-3-1-11-25-16)21-15-6-5-14-9-10-22(17(14)13-15)20(24)18-4-2-12-26-18/h1-8,11-13H,9-10H2,(H,21,23). The zero-order chi connectivity index (χ0) is 17.9. The summed E-state index contributed by atoms with van der Waals surface area (Å²) in [6, 6.07) is 12.9. The van der Waals surface area contributed by atoms with Crippen molar-refractivity contribution in [2.24, 2.45) is 0 Å². The highest BCUT2D eigenvalue weighted by Crippen LogP contribution is 2.32. The van der Waals surface area contributed by atoms with E-state index in [1.807, 2.05) is 35.7 Å². The number of nitrogens with zero attached hydrogens (tertiary/aromatic N) is 1. The summed E-state index contributed by atoms with van der Waals surface area (Å²) in [5, 5.41) is 4.72. The molecule has 1 aliphatic heterocycles. The molecule has 0 radical (unpaired) electrons. The minimum atomic E-state index is -0.254. The highest BCUT2D eigenvalue weighted by molar-refractivity contribution is 7.12. The molecule has 2 aromatic heterocycles. The SMILES string of the molecule is O=C(C=Cc1ccco1)Nc1ccc2c(c1)N(C(=O)c1cccs1)CC2. The van der Waals surface area contributed by atoms with Gasteiger partial charge in [0.25, 0.3) is 5.91 Å². The average Bonchev–Trinajstić information content (AvgIpc) is 3.40. The van der Waals surface area contributed by atoms with Crippen LogP contribution in [0.1, 0.15) is 21.0 Å². The highest BCUT2D eigenvalue weighted by atomic mass is 32.1. The van der Waals surface area contributed by atoms with E-state index in [1.165, 1.54) is 17.4 Å². The first kappa shape index (κ1) is 16.4. The molecule has 1 N–H and O–H groups in total. The second-order valence-corrected chi connectivity index (χ2v) is 6.81. The van der Waals surface area contributed by atoms with E-state index in [4.69, 9.17) is 4.42 Å². The van der Waals surface area contributed by atoms with Crippen molar-refractivity contribution in [3.8, 4) is 0 Å². The summed E-state index contributed by atoms with van der Waals surface area (Å²) >= 11 is 1.43. The van der Waals surface area contributed by atoms with Crippen LogP contribution in [0.4, 0.5) is 11.4 Å². The maximum absolute atomic E-state index is 12.7. The smallest absolute Gasteiger partial charge is 0.268 e. The summed E-state index contributed by atoms with van der Waals surface area (Å²) in [5.74, 6) is 0.359. The molecule has 26 heavy (non-hydrogen) atoms. The lowest BCUT2D eigenvalue weighted by Crippen LogP contribution is -2.28. The Balaban J connectivity index is 1.50. The normalized spacial score (nSPS) is 13.2. The quantitative estimate of drug-likeness (QED) is 0.706. The van der Waals surface area contributed by atoms with E-state index in [1.54, 1.807) is 29.4 Å². The van der Waals surface area contributed by atoms with Crippen molar-refractivity contribution < 1.29 is 14.0 Å². The number of anilines is 2. The Hall–Kier alpha value is -3.12. The largest absolute Gasteiger partial charge is 0.465 e. The third-order valence-electron chi connectivity index (χ3n) is 4.17. The van der Waals surface area contributed by atoms with Crippen LogP contribution in [0.2, 0.25) is 0 Å². The fourth-order valence-electron chi connectivity index (χ4n) is 2.93. The molecule has 0 aliphatic carbocycles. The molecule has 2 amide bonds. The van der Waals surface area contributed by atoms with Crippen LogP contribution in [-0.4, -0.2) is 18.4 Å². The van der Waals surface area contributed by atoms with E-state index in [0.29, 0.717) is 22.9 Å². The number of amides is 2. The van der Waals surface area contributed by atoms with Gasteiger partial charge in [-0.2, -0.15) is 0 Å². The molecule has 0 saturated carbocycles. The molecule has 0 spiro atoms. The van der Waals surface area contributed by atoms with Crippen molar-refractivity contribution in [1.82, 2.24) is 0 Å². The van der Waals surface area contributed by atoms with Gasteiger partial charge in [0.2, 0.25) is 5.91 Å². The van der Waals surface area contributed by atoms with Gasteiger partial charge >= 0.3 is 0 Å². The predicted molar refractivity (Wildman–Crippen MR) is 103 cm³/mol. The first-order chi connectivity index (χ1) is 12.7. The van der Waals surface area contributed by atoms with E-state index in [-0.39, 0.29) is 11.8 Å². The molecule has 0 fully saturated rings. The van der Waals surface area contributed by atoms with Gasteiger partial charge < -0.3 is 14.6 Å². The minimum absolute atomic E-state index is 0.0000540. The van der Waals surface area contributed by atoms with Crippen molar-refractivity contribution in [2.45, 2.75) is 6.42 Å². The minimum Gasteiger partial charge on any atom is -0.465 e. The summed E-state index contributed by atoms with van der Waals surface area (Å²) in [5.41, 5.74) is 2.62. The zero-order valence-corrected chi connectivity index (χ0v) is 14.7. The Morgan fingerprint density at radius 2 is 2.12 bits per heavy atom. The van der Waals surface area contributed by atoms with Crippen molar-refractivity contribution >= 4 is 40.6 Å². The molecule has 5 nitrogen and oxygen atoms in total. The van der Waals surface area contributed by atoms with Crippen molar-refractivity contribution in [1.29, 1.82) is 0 Å². The molecule has 3 heterocycles. The van der Waals surface area contributed by atoms with Gasteiger partial charge in [0.15, 0.2) is 0 Å². The third kappa shape index (κ3) is 3.32. The first-order valence-corrected chi connectivity index (χ1v) is 9.09. The Kier molecular flexibility index (Phi) is 4.41. The average molecular weight is 364 g/mol. The molecule has 1 aliphatic rings. The highest BCUT2D eigenvalue weighted by Gasteiger charge is 2.26. The Bertz CT molecular complexity index is 959. The number of hydrogen-bond donors (Lipinski definition) is 1. The van der Waals surface area contributed by atoms with Gasteiger partial charge in [0, 0.05) is 24.0 Å². The topological polar surface area (TPSA) is 62.6 Å². The number of fused-ring (bicyclic) bond motifs is 1. The summed E-state index contributed by atoms with van der Waals surface area (Å²) in [6.45, 7) is 0.655. The lowest BCUT2D eigenvalue weighted by Gasteiger charge is -2.17. The Morgan fingerprint density at radius 3 is 2.88 bits per heavy atom. The number of nitrogens with one attached hydrogen (secondary N) is 1. The number of hydrogen-bond acceptors (Lipinski definition) is 4. The van der Waals surface area contributed by atoms with Crippen molar-refractivity contribution in [3.05, 3.63) is 76.4 Å². The van der Waals surface area contributed by atoms with Gasteiger partial charge in [-0.15, -0.1) is 11.3 Å². The van der Waals surface area contributed by atoms with Gasteiger partial charge in [-0.25, -0.2) is 0 Å². The molecule has 130 valence electrons. The van der Waals surface area contributed by atoms with Crippen LogP contribution in [0.15, 0.2) is 64.6 Å². The first-order valence-electron chi connectivity index (χ1n) is 8.21. The lowest BCUT2D eigenvalue weighted by molar-refractivity contribution is -0.111. The van der Waals surface area contributed by atoms with Crippen LogP contribution in [0.25, 0.3) is 6.08 Å². The van der Waals surface area contributed by atoms with Crippen LogP contribution < -0.4 is 10.2 Å². The molecule has 0 bridgehead atoms. The van der Waals surface area contributed by atoms with Gasteiger partial charge in [0.05, 0.1) is 11.1 Å². The van der Waals surface area contributed by atoms with Crippen LogP contribution in [0, 0.1) is 0 Å². The monoisotopic (exact) mass is 364 g/mol. The lowest BCUT2D eigenvalue weighted by atomic mass is 10.1. The van der Waals surface area contributed by atoms with Crippen LogP contribution in [0.5, 0.6) is 0 Å². The molecular weight excluding hydrogens is 348 g/mol. The van der Waals surface area contributed by atoms with E-state index in [9.17, 15) is 9.59 Å². The van der Waals surface area contributed by atoms with Crippen LogP contribution >= 0.6 is 11.3 Å². The second-order valence-electron chi connectivity index (χ2n) is 5.87. The zero-order valence-electron chi connectivity index (χ0n) is 13.8. The van der Waals surface area contributed by atoms with Gasteiger partial charge in [-0.1, -0.05) is 12.1 Å². The number of carbonyl (C=O) groups excluding carboxylic acids is 2. The fourth-order valence-corrected chi connectivity index (χ4v) is 3.60. The second kappa shape index (κ2) is 7.01. The molecule has 1 aromatic carbocycles. The molecule has 0 atom stereocenters. The summed E-state index contributed by atoms with van der Waals surface area (Å²) < 4.78 is 5.16. The maximum atomic E-state index is 12.7. The molecule has 0 unspecified atom stereocenters. The van der Waals surface area contributed by atoms with Crippen LogP contribution in [-0.2, 0) is 11.2 Å². The van der Waals surface area contributed by atoms with E-state index >= 15 is 0 Å². The number of furan rings is 1. The Labute approximate surface area is 154 Å². The van der Waals surface area contributed by atoms with Crippen molar-refractivity contribution in [3.63, 3.8) is 0 Å². The van der Waals surface area contributed by atoms with Gasteiger partial charge in [0.1, 0.15) is 5.76 Å². The molecular formula is C20H16N2O3S. The Morgan fingerprint density at radius 1 is 1.19 bits per heavy atom. The fraction of sp³-hybridized carbons (Fsp3) is 0.100. The van der Waals surface area contributed by atoms with Crippen molar-refractivity contribution in [2.75, 3.05) is 16.8 Å². The summed E-state index contributed by atoms with van der Waals surface area (Å²) in [4.78, 5) is 27.2. The molecule has 0 saturated heterocycles. The third-order valence-corrected chi connectivity index (χ3v) is 5.03. The number of carbonyl (C=O) groups is 2. The molecule has 4 rings (SSSR count). The van der Waals surface area contributed by atoms with E-state index in [0.717, 1.165) is 17.7 Å². The number of thiophene rings is 1.